The number of rotatable bonds is 2. The van der Waals surface area contributed by atoms with Gasteiger partial charge in [0.2, 0.25) is 0 Å². The van der Waals surface area contributed by atoms with E-state index in [0.717, 1.165) is 12.3 Å². The minimum Gasteiger partial charge on any atom is -0.461 e. The van der Waals surface area contributed by atoms with Crippen molar-refractivity contribution >= 4 is 17.9 Å². The zero-order valence-corrected chi connectivity index (χ0v) is 12.8. The number of nitrogens with two attached hydrogens (primary N) is 1. The number of allylic oxidation sites excluding steroid dienone is 1. The number of furan rings is 1. The van der Waals surface area contributed by atoms with Crippen LogP contribution in [0.15, 0.2) is 49.8 Å². The molecule has 0 aromatic carbocycles. The second-order valence-electron chi connectivity index (χ2n) is 6.04. The van der Waals surface area contributed by atoms with Crippen molar-refractivity contribution in [3.05, 3.63) is 36.1 Å². The molecule has 1 atom stereocenters. The lowest BCUT2D eigenvalue weighted by Crippen LogP contribution is -2.50. The zero-order chi connectivity index (χ0) is 15.7. The van der Waals surface area contributed by atoms with E-state index in [-0.39, 0.29) is 4.70 Å². The van der Waals surface area contributed by atoms with Crippen molar-refractivity contribution < 1.29 is 9.12 Å². The Labute approximate surface area is 134 Å². The van der Waals surface area contributed by atoms with Crippen molar-refractivity contribution in [2.75, 3.05) is 0 Å². The maximum absolute atomic E-state index is 6.29. The predicted octanol–water partition coefficient (Wildman–Crippen LogP) is 2.55. The van der Waals surface area contributed by atoms with Crippen molar-refractivity contribution in [2.45, 2.75) is 32.1 Å². The molecule has 2 N–H and O–H groups in total. The number of aliphatic imine (C=N–C) groups is 2. The molecule has 0 saturated heterocycles. The molecule has 0 amide bonds. The highest BCUT2D eigenvalue weighted by molar-refractivity contribution is 6.31. The van der Waals surface area contributed by atoms with Crippen molar-refractivity contribution in [3.8, 4) is 11.8 Å². The molecule has 0 bridgehead atoms. The number of hydrogen-bond acceptors (Lipinski definition) is 5. The van der Waals surface area contributed by atoms with Crippen molar-refractivity contribution in [2.24, 2.45) is 26.8 Å². The fourth-order valence-corrected chi connectivity index (χ4v) is 3.06. The highest BCUT2D eigenvalue weighted by Crippen LogP contribution is 2.27. The summed E-state index contributed by atoms with van der Waals surface area (Å²) in [6.45, 7) is 0. The second kappa shape index (κ2) is 5.61. The fourth-order valence-electron chi connectivity index (χ4n) is 3.06. The third kappa shape index (κ3) is 2.77. The Balaban J connectivity index is 1.53. The lowest BCUT2D eigenvalue weighted by atomic mass is 10.1. The molecule has 1 aliphatic carbocycles. The Morgan fingerprint density at radius 1 is 1.35 bits per heavy atom. The number of quaternary nitrogens is 1. The van der Waals surface area contributed by atoms with Gasteiger partial charge in [0, 0.05) is 6.42 Å². The highest BCUT2D eigenvalue weighted by atomic mass is 16.3. The summed E-state index contributed by atoms with van der Waals surface area (Å²) in [7, 11) is 0. The van der Waals surface area contributed by atoms with Gasteiger partial charge in [0.15, 0.2) is 17.7 Å². The van der Waals surface area contributed by atoms with E-state index in [1.54, 1.807) is 30.8 Å². The maximum atomic E-state index is 6.29. The van der Waals surface area contributed by atoms with Crippen molar-refractivity contribution in [3.63, 3.8) is 0 Å². The van der Waals surface area contributed by atoms with Crippen LogP contribution in [0.25, 0.3) is 0 Å². The van der Waals surface area contributed by atoms with Gasteiger partial charge >= 0.3 is 0 Å². The quantitative estimate of drug-likeness (QED) is 0.518. The average molecular weight is 308 g/mol. The maximum Gasteiger partial charge on any atom is 0.300 e. The predicted molar refractivity (Wildman–Crippen MR) is 88.1 cm³/mol. The number of hydrogen-bond donors (Lipinski definition) is 1. The minimum absolute atomic E-state index is 0.257. The van der Waals surface area contributed by atoms with Gasteiger partial charge in [-0.1, -0.05) is 18.8 Å². The molecule has 6 heteroatoms. The van der Waals surface area contributed by atoms with Crippen LogP contribution in [-0.4, -0.2) is 22.6 Å². The normalized spacial score (nSPS) is 26.2. The van der Waals surface area contributed by atoms with Gasteiger partial charge in [0.25, 0.3) is 11.7 Å². The van der Waals surface area contributed by atoms with E-state index in [1.165, 1.54) is 25.7 Å². The summed E-state index contributed by atoms with van der Waals surface area (Å²) in [5.41, 5.74) is 0.633. The van der Waals surface area contributed by atoms with Gasteiger partial charge in [-0.05, 0) is 46.6 Å². The first-order chi connectivity index (χ1) is 11.2. The lowest BCUT2D eigenvalue weighted by Gasteiger charge is -2.17. The lowest BCUT2D eigenvalue weighted by molar-refractivity contribution is -0.803. The molecule has 6 nitrogen and oxygen atoms in total. The van der Waals surface area contributed by atoms with Crippen molar-refractivity contribution in [1.29, 1.82) is 0 Å². The molecular formula is C17H18N5O+. The van der Waals surface area contributed by atoms with Crippen LogP contribution in [0.1, 0.15) is 37.9 Å². The van der Waals surface area contributed by atoms with Gasteiger partial charge in [-0.15, -0.1) is 5.84 Å². The van der Waals surface area contributed by atoms with Crippen LogP contribution in [0.5, 0.6) is 0 Å². The van der Waals surface area contributed by atoms with Crippen LogP contribution in [0, 0.1) is 17.8 Å². The van der Waals surface area contributed by atoms with Crippen LogP contribution in [-0.2, 0) is 0 Å². The Morgan fingerprint density at radius 3 is 3.00 bits per heavy atom. The SMILES string of the molecule is N[N+]12C=C(C#CCC3CCCC3)N=CC1=NC(c1ccco1)=N2. The number of nitrogens with zero attached hydrogens (tertiary/aromatic N) is 4. The van der Waals surface area contributed by atoms with E-state index >= 15 is 0 Å². The van der Waals surface area contributed by atoms with E-state index in [9.17, 15) is 0 Å². The first kappa shape index (κ1) is 14.1. The van der Waals surface area contributed by atoms with E-state index in [0.29, 0.717) is 23.1 Å². The third-order valence-corrected chi connectivity index (χ3v) is 4.31. The molecule has 2 aliphatic heterocycles. The topological polar surface area (TPSA) is 76.2 Å². The first-order valence-electron chi connectivity index (χ1n) is 7.89. The van der Waals surface area contributed by atoms with Crippen LogP contribution in [0.3, 0.4) is 0 Å². The van der Waals surface area contributed by atoms with Gasteiger partial charge in [-0.25, -0.2) is 4.99 Å². The smallest absolute Gasteiger partial charge is 0.300 e. The van der Waals surface area contributed by atoms with Crippen molar-refractivity contribution in [1.82, 2.24) is 0 Å². The summed E-state index contributed by atoms with van der Waals surface area (Å²) in [4.78, 5) is 8.71. The summed E-state index contributed by atoms with van der Waals surface area (Å²) >= 11 is 0. The average Bonchev–Trinajstić information content (AvgIpc) is 3.26. The molecular weight excluding hydrogens is 290 g/mol. The molecule has 4 rings (SSSR count). The number of amidine groups is 2. The molecule has 0 spiro atoms. The van der Waals surface area contributed by atoms with Crippen LogP contribution in [0.2, 0.25) is 0 Å². The Morgan fingerprint density at radius 2 is 2.22 bits per heavy atom. The molecule has 1 saturated carbocycles. The van der Waals surface area contributed by atoms with Gasteiger partial charge in [0.1, 0.15) is 6.21 Å². The molecule has 3 aliphatic rings. The molecule has 3 heterocycles. The highest BCUT2D eigenvalue weighted by Gasteiger charge is 2.39. The Bertz CT molecular complexity index is 785. The summed E-state index contributed by atoms with van der Waals surface area (Å²) in [6.07, 6.45) is 11.1. The van der Waals surface area contributed by atoms with E-state index in [2.05, 4.69) is 26.9 Å². The summed E-state index contributed by atoms with van der Waals surface area (Å²) in [5.74, 6) is 15.0. The summed E-state index contributed by atoms with van der Waals surface area (Å²) in [6, 6.07) is 3.59. The Hall–Kier alpha value is -2.49. The van der Waals surface area contributed by atoms with Crippen LogP contribution in [0.4, 0.5) is 0 Å². The number of fused-ring (bicyclic) bond motifs is 1. The van der Waals surface area contributed by atoms with Gasteiger partial charge < -0.3 is 4.42 Å². The standard InChI is InChI=1S/C17H18N5O/c18-22-12-14(8-3-7-13-5-1-2-6-13)19-11-16(22)20-17(21-22)15-9-4-10-23-15/h4,9-13H,1-2,5-7,18H2/q+1. The Kier molecular flexibility index (Phi) is 3.45. The fraction of sp³-hybridized carbons (Fsp3) is 0.353. The third-order valence-electron chi connectivity index (χ3n) is 4.31. The zero-order valence-electron chi connectivity index (χ0n) is 12.8. The molecule has 1 aromatic rings. The second-order valence-corrected chi connectivity index (χ2v) is 6.04. The monoisotopic (exact) mass is 308 g/mol. The van der Waals surface area contributed by atoms with Crippen LogP contribution < -0.4 is 5.84 Å². The van der Waals surface area contributed by atoms with E-state index in [1.807, 2.05) is 0 Å². The largest absolute Gasteiger partial charge is 0.461 e. The molecule has 1 unspecified atom stereocenters. The molecule has 0 radical (unpaired) electrons. The molecule has 1 fully saturated rings. The van der Waals surface area contributed by atoms with Crippen LogP contribution >= 0.6 is 0 Å². The van der Waals surface area contributed by atoms with E-state index in [4.69, 9.17) is 10.3 Å². The van der Waals surface area contributed by atoms with Gasteiger partial charge in [-0.3, -0.25) is 0 Å². The minimum atomic E-state index is -0.257. The van der Waals surface area contributed by atoms with Gasteiger partial charge in [-0.2, -0.15) is 4.99 Å². The first-order valence-corrected chi connectivity index (χ1v) is 7.89. The summed E-state index contributed by atoms with van der Waals surface area (Å²) in [5, 5.41) is 4.42. The molecule has 1 aromatic heterocycles. The molecule has 23 heavy (non-hydrogen) atoms. The van der Waals surface area contributed by atoms with Gasteiger partial charge in [0.05, 0.1) is 6.26 Å². The van der Waals surface area contributed by atoms with E-state index < -0.39 is 0 Å². The molecule has 116 valence electrons. The summed E-state index contributed by atoms with van der Waals surface area (Å²) < 4.78 is 5.06.